The first-order valence-electron chi connectivity index (χ1n) is 5.65. The SMILES string of the molecule is N[C@@H](CC(=O)O)C(=O)NCCN1CCOCC1. The molecule has 0 spiro atoms. The van der Waals surface area contributed by atoms with Crippen LogP contribution in [0.15, 0.2) is 0 Å². The molecule has 1 saturated heterocycles. The molecular formula is C10H19N3O4. The van der Waals surface area contributed by atoms with Gasteiger partial charge in [-0.15, -0.1) is 0 Å². The van der Waals surface area contributed by atoms with E-state index in [1.165, 1.54) is 0 Å². The number of morpholine rings is 1. The van der Waals surface area contributed by atoms with Crippen molar-refractivity contribution < 1.29 is 19.4 Å². The Morgan fingerprint density at radius 2 is 2.06 bits per heavy atom. The summed E-state index contributed by atoms with van der Waals surface area (Å²) in [5, 5.41) is 11.1. The summed E-state index contributed by atoms with van der Waals surface area (Å²) in [5.74, 6) is -1.48. The zero-order valence-corrected chi connectivity index (χ0v) is 9.72. The zero-order valence-electron chi connectivity index (χ0n) is 9.72. The number of carbonyl (C=O) groups is 2. The molecule has 0 saturated carbocycles. The van der Waals surface area contributed by atoms with Crippen LogP contribution >= 0.6 is 0 Å². The van der Waals surface area contributed by atoms with Gasteiger partial charge in [-0.1, -0.05) is 0 Å². The normalized spacial score (nSPS) is 18.6. The molecular weight excluding hydrogens is 226 g/mol. The van der Waals surface area contributed by atoms with Crippen LogP contribution in [0, 0.1) is 0 Å². The van der Waals surface area contributed by atoms with E-state index in [1.54, 1.807) is 0 Å². The largest absolute Gasteiger partial charge is 0.481 e. The van der Waals surface area contributed by atoms with Crippen LogP contribution in [0.5, 0.6) is 0 Å². The van der Waals surface area contributed by atoms with Crippen molar-refractivity contribution in [2.24, 2.45) is 5.73 Å². The Morgan fingerprint density at radius 1 is 1.41 bits per heavy atom. The Morgan fingerprint density at radius 3 is 2.65 bits per heavy atom. The molecule has 1 rings (SSSR count). The summed E-state index contributed by atoms with van der Waals surface area (Å²) in [6, 6.07) is -0.975. The van der Waals surface area contributed by atoms with Crippen LogP contribution in [-0.4, -0.2) is 67.3 Å². The molecule has 0 aromatic carbocycles. The van der Waals surface area contributed by atoms with Crippen molar-refractivity contribution in [2.75, 3.05) is 39.4 Å². The summed E-state index contributed by atoms with van der Waals surface area (Å²) in [6.07, 6.45) is -0.344. The molecule has 98 valence electrons. The lowest BCUT2D eigenvalue weighted by atomic mass is 10.2. The van der Waals surface area contributed by atoms with Crippen LogP contribution in [0.3, 0.4) is 0 Å². The Labute approximate surface area is 99.9 Å². The topological polar surface area (TPSA) is 105 Å². The van der Waals surface area contributed by atoms with Gasteiger partial charge in [0, 0.05) is 26.2 Å². The van der Waals surface area contributed by atoms with E-state index in [9.17, 15) is 9.59 Å². The number of nitrogens with two attached hydrogens (primary N) is 1. The predicted molar refractivity (Wildman–Crippen MR) is 60.5 cm³/mol. The zero-order chi connectivity index (χ0) is 12.7. The van der Waals surface area contributed by atoms with Gasteiger partial charge in [-0.3, -0.25) is 14.5 Å². The number of hydrogen-bond donors (Lipinski definition) is 3. The van der Waals surface area contributed by atoms with Gasteiger partial charge in [0.1, 0.15) is 0 Å². The molecule has 0 aromatic rings. The second-order valence-electron chi connectivity index (χ2n) is 3.95. The molecule has 7 heteroatoms. The van der Waals surface area contributed by atoms with Gasteiger partial charge in [-0.2, -0.15) is 0 Å². The third kappa shape index (κ3) is 5.62. The third-order valence-electron chi connectivity index (χ3n) is 2.56. The lowest BCUT2D eigenvalue weighted by Crippen LogP contribution is -2.46. The second-order valence-corrected chi connectivity index (χ2v) is 3.95. The molecule has 7 nitrogen and oxygen atoms in total. The molecule has 1 atom stereocenters. The third-order valence-corrected chi connectivity index (χ3v) is 2.56. The summed E-state index contributed by atoms with van der Waals surface area (Å²) in [5.41, 5.74) is 5.41. The number of aliphatic carboxylic acids is 1. The molecule has 0 bridgehead atoms. The molecule has 1 aliphatic rings. The summed E-state index contributed by atoms with van der Waals surface area (Å²) < 4.78 is 5.19. The number of rotatable bonds is 6. The predicted octanol–water partition coefficient (Wildman–Crippen LogP) is -1.76. The minimum atomic E-state index is -1.07. The molecule has 1 fully saturated rings. The summed E-state index contributed by atoms with van der Waals surface area (Å²) >= 11 is 0. The van der Waals surface area contributed by atoms with Crippen molar-refractivity contribution in [3.05, 3.63) is 0 Å². The van der Waals surface area contributed by atoms with Gasteiger partial charge in [0.25, 0.3) is 0 Å². The lowest BCUT2D eigenvalue weighted by molar-refractivity contribution is -0.139. The average Bonchev–Trinajstić information content (AvgIpc) is 2.29. The highest BCUT2D eigenvalue weighted by Gasteiger charge is 2.17. The number of ether oxygens (including phenoxy) is 1. The van der Waals surface area contributed by atoms with E-state index in [1.807, 2.05) is 0 Å². The second kappa shape index (κ2) is 7.21. The maximum atomic E-state index is 11.4. The van der Waals surface area contributed by atoms with E-state index < -0.39 is 17.9 Å². The molecule has 1 amide bonds. The number of nitrogens with zero attached hydrogens (tertiary/aromatic N) is 1. The Bertz CT molecular complexity index is 266. The molecule has 0 aliphatic carbocycles. The van der Waals surface area contributed by atoms with E-state index >= 15 is 0 Å². The lowest BCUT2D eigenvalue weighted by Gasteiger charge is -2.26. The van der Waals surface area contributed by atoms with E-state index in [-0.39, 0.29) is 6.42 Å². The minimum absolute atomic E-state index is 0.344. The highest BCUT2D eigenvalue weighted by Crippen LogP contribution is 1.95. The van der Waals surface area contributed by atoms with Crippen molar-refractivity contribution in [1.82, 2.24) is 10.2 Å². The molecule has 1 aliphatic heterocycles. The maximum absolute atomic E-state index is 11.4. The van der Waals surface area contributed by atoms with Crippen molar-refractivity contribution in [1.29, 1.82) is 0 Å². The van der Waals surface area contributed by atoms with Crippen LogP contribution in [0.25, 0.3) is 0 Å². The van der Waals surface area contributed by atoms with Gasteiger partial charge in [0.2, 0.25) is 5.91 Å². The number of carbonyl (C=O) groups excluding carboxylic acids is 1. The Balaban J connectivity index is 2.12. The monoisotopic (exact) mass is 245 g/mol. The van der Waals surface area contributed by atoms with Gasteiger partial charge >= 0.3 is 5.97 Å². The van der Waals surface area contributed by atoms with Crippen LogP contribution in [0.1, 0.15) is 6.42 Å². The molecule has 1 heterocycles. The van der Waals surface area contributed by atoms with Gasteiger partial charge in [0.15, 0.2) is 0 Å². The number of carboxylic acids is 1. The minimum Gasteiger partial charge on any atom is -0.481 e. The summed E-state index contributed by atoms with van der Waals surface area (Å²) in [6.45, 7) is 4.36. The fraction of sp³-hybridized carbons (Fsp3) is 0.800. The van der Waals surface area contributed by atoms with Gasteiger partial charge < -0.3 is 20.9 Å². The van der Waals surface area contributed by atoms with Crippen LogP contribution < -0.4 is 11.1 Å². The molecule has 17 heavy (non-hydrogen) atoms. The Kier molecular flexibility index (Phi) is 5.88. The number of hydrogen-bond acceptors (Lipinski definition) is 5. The number of amides is 1. The first-order chi connectivity index (χ1) is 8.09. The highest BCUT2D eigenvalue weighted by molar-refractivity contribution is 5.85. The fourth-order valence-corrected chi connectivity index (χ4v) is 1.57. The van der Waals surface area contributed by atoms with E-state index in [0.29, 0.717) is 19.8 Å². The van der Waals surface area contributed by atoms with Gasteiger partial charge in [-0.05, 0) is 0 Å². The number of carboxylic acid groups (broad SMARTS) is 1. The van der Waals surface area contributed by atoms with E-state index in [2.05, 4.69) is 10.2 Å². The van der Waals surface area contributed by atoms with E-state index in [4.69, 9.17) is 15.6 Å². The van der Waals surface area contributed by atoms with Crippen molar-refractivity contribution >= 4 is 11.9 Å². The van der Waals surface area contributed by atoms with Gasteiger partial charge in [0.05, 0.1) is 25.7 Å². The standard InChI is InChI=1S/C10H19N3O4/c11-8(7-9(14)15)10(16)12-1-2-13-3-5-17-6-4-13/h8H,1-7,11H2,(H,12,16)(H,14,15)/t8-/m0/s1. The quantitative estimate of drug-likeness (QED) is 0.512. The first kappa shape index (κ1) is 13.9. The fourth-order valence-electron chi connectivity index (χ4n) is 1.57. The van der Waals surface area contributed by atoms with Gasteiger partial charge in [-0.25, -0.2) is 0 Å². The molecule has 4 N–H and O–H groups in total. The van der Waals surface area contributed by atoms with Crippen molar-refractivity contribution in [2.45, 2.75) is 12.5 Å². The average molecular weight is 245 g/mol. The van der Waals surface area contributed by atoms with Crippen molar-refractivity contribution in [3.63, 3.8) is 0 Å². The van der Waals surface area contributed by atoms with Crippen LogP contribution in [0.2, 0.25) is 0 Å². The highest BCUT2D eigenvalue weighted by atomic mass is 16.5. The molecule has 0 radical (unpaired) electrons. The summed E-state index contributed by atoms with van der Waals surface area (Å²) in [7, 11) is 0. The first-order valence-corrected chi connectivity index (χ1v) is 5.65. The number of nitrogens with one attached hydrogen (secondary N) is 1. The maximum Gasteiger partial charge on any atom is 0.305 e. The molecule has 0 aromatic heterocycles. The smallest absolute Gasteiger partial charge is 0.305 e. The van der Waals surface area contributed by atoms with Crippen molar-refractivity contribution in [3.8, 4) is 0 Å². The molecule has 0 unspecified atom stereocenters. The Hall–Kier alpha value is -1.18. The van der Waals surface area contributed by atoms with Crippen LogP contribution in [-0.2, 0) is 14.3 Å². The van der Waals surface area contributed by atoms with Crippen LogP contribution in [0.4, 0.5) is 0 Å². The van der Waals surface area contributed by atoms with E-state index in [0.717, 1.165) is 19.6 Å². The summed E-state index contributed by atoms with van der Waals surface area (Å²) in [4.78, 5) is 23.9.